The summed E-state index contributed by atoms with van der Waals surface area (Å²) in [7, 11) is 0. The van der Waals surface area contributed by atoms with E-state index >= 15 is 0 Å². The van der Waals surface area contributed by atoms with E-state index in [9.17, 15) is 14.7 Å². The van der Waals surface area contributed by atoms with Crippen molar-refractivity contribution in [3.05, 3.63) is 23.8 Å². The molecule has 8 heteroatoms. The summed E-state index contributed by atoms with van der Waals surface area (Å²) in [5.74, 6) is -0.0894. The summed E-state index contributed by atoms with van der Waals surface area (Å²) in [5, 5.41) is 18.8. The van der Waals surface area contributed by atoms with E-state index in [0.717, 1.165) is 18.7 Å². The Labute approximate surface area is 160 Å². The van der Waals surface area contributed by atoms with Crippen LogP contribution in [0.2, 0.25) is 0 Å². The van der Waals surface area contributed by atoms with E-state index < -0.39 is 11.6 Å². The maximum atomic E-state index is 12.2. The first-order valence-corrected chi connectivity index (χ1v) is 9.27. The molecule has 1 fully saturated rings. The summed E-state index contributed by atoms with van der Waals surface area (Å²) in [5.41, 5.74) is 1.07. The highest BCUT2D eigenvalue weighted by Gasteiger charge is 2.26. The van der Waals surface area contributed by atoms with Crippen LogP contribution in [0.25, 0.3) is 0 Å². The molecule has 1 aromatic carbocycles. The molecule has 1 saturated heterocycles. The monoisotopic (exact) mass is 378 g/mol. The molecular formula is C19H30N4O4. The topological polar surface area (TPSA) is 103 Å². The van der Waals surface area contributed by atoms with Gasteiger partial charge in [0.25, 0.3) is 0 Å². The highest BCUT2D eigenvalue weighted by Crippen LogP contribution is 2.20. The van der Waals surface area contributed by atoms with Crippen molar-refractivity contribution in [2.24, 2.45) is 0 Å². The molecule has 1 heterocycles. The molecule has 0 radical (unpaired) electrons. The smallest absolute Gasteiger partial charge is 0.319 e. The van der Waals surface area contributed by atoms with Gasteiger partial charge in [-0.05, 0) is 31.5 Å². The minimum Gasteiger partial charge on any atom is -0.387 e. The number of hydrogen-bond acceptors (Lipinski definition) is 5. The number of aryl methyl sites for hydroxylation is 1. The van der Waals surface area contributed by atoms with Crippen LogP contribution in [0.3, 0.4) is 0 Å². The second kappa shape index (κ2) is 9.68. The van der Waals surface area contributed by atoms with E-state index in [2.05, 4.69) is 20.9 Å². The lowest BCUT2D eigenvalue weighted by molar-refractivity contribution is -0.115. The minimum absolute atomic E-state index is 0.0894. The van der Waals surface area contributed by atoms with Gasteiger partial charge in [0.15, 0.2) is 0 Å². The van der Waals surface area contributed by atoms with Crippen LogP contribution in [0.5, 0.6) is 0 Å². The quantitative estimate of drug-likeness (QED) is 0.576. The Morgan fingerprint density at radius 2 is 1.96 bits per heavy atom. The number of morpholine rings is 1. The number of aliphatic hydroxyl groups is 1. The van der Waals surface area contributed by atoms with Crippen LogP contribution in [0, 0.1) is 6.92 Å². The Morgan fingerprint density at radius 3 is 2.63 bits per heavy atom. The highest BCUT2D eigenvalue weighted by atomic mass is 16.5. The van der Waals surface area contributed by atoms with Crippen molar-refractivity contribution in [2.75, 3.05) is 50.0 Å². The molecule has 8 nitrogen and oxygen atoms in total. The van der Waals surface area contributed by atoms with E-state index in [4.69, 9.17) is 4.74 Å². The van der Waals surface area contributed by atoms with Crippen LogP contribution in [0.15, 0.2) is 18.2 Å². The maximum absolute atomic E-state index is 12.2. The average molecular weight is 378 g/mol. The predicted octanol–water partition coefficient (Wildman–Crippen LogP) is 1.55. The molecule has 1 aliphatic rings. The molecule has 4 N–H and O–H groups in total. The van der Waals surface area contributed by atoms with Crippen LogP contribution < -0.4 is 16.0 Å². The molecule has 3 amide bonds. The largest absolute Gasteiger partial charge is 0.387 e. The van der Waals surface area contributed by atoms with Crippen LogP contribution in [-0.2, 0) is 9.53 Å². The molecule has 1 aliphatic heterocycles. The Hall–Kier alpha value is -2.16. The molecule has 0 spiro atoms. The fraction of sp³-hybridized carbons (Fsp3) is 0.579. The van der Waals surface area contributed by atoms with E-state index in [-0.39, 0.29) is 12.5 Å². The first-order valence-electron chi connectivity index (χ1n) is 9.27. The van der Waals surface area contributed by atoms with E-state index in [0.29, 0.717) is 37.6 Å². The molecule has 150 valence electrons. The van der Waals surface area contributed by atoms with Crippen molar-refractivity contribution in [1.82, 2.24) is 10.2 Å². The van der Waals surface area contributed by atoms with Crippen molar-refractivity contribution in [1.29, 1.82) is 0 Å². The van der Waals surface area contributed by atoms with Gasteiger partial charge in [0, 0.05) is 44.0 Å². The first-order chi connectivity index (χ1) is 12.8. The number of nitrogens with zero attached hydrogens (tertiary/aromatic N) is 1. The number of β-amino-alcohol motifs (C(OH)–C–C–N with tert-alkyl or cyclic N) is 1. The van der Waals surface area contributed by atoms with Gasteiger partial charge in [0.1, 0.15) is 0 Å². The SMILES string of the molecule is CCC(=O)Nc1ccc(C)c(NC(=O)NC[C@](C)(O)CN2CCOCC2)c1. The molecule has 0 bridgehead atoms. The summed E-state index contributed by atoms with van der Waals surface area (Å²) in [6.07, 6.45) is 0.384. The predicted molar refractivity (Wildman–Crippen MR) is 105 cm³/mol. The van der Waals surface area contributed by atoms with Crippen molar-refractivity contribution in [3.63, 3.8) is 0 Å². The molecule has 0 unspecified atom stereocenters. The van der Waals surface area contributed by atoms with Crippen molar-refractivity contribution in [3.8, 4) is 0 Å². The molecular weight excluding hydrogens is 348 g/mol. The van der Waals surface area contributed by atoms with Crippen molar-refractivity contribution >= 4 is 23.3 Å². The number of nitrogens with one attached hydrogen (secondary N) is 3. The van der Waals surface area contributed by atoms with Gasteiger partial charge in [-0.3, -0.25) is 9.69 Å². The molecule has 2 rings (SSSR count). The number of amides is 3. The number of anilines is 2. The fourth-order valence-corrected chi connectivity index (χ4v) is 2.82. The Bertz CT molecular complexity index is 657. The van der Waals surface area contributed by atoms with Crippen LogP contribution >= 0.6 is 0 Å². The zero-order chi connectivity index (χ0) is 19.9. The summed E-state index contributed by atoms with van der Waals surface area (Å²) in [4.78, 5) is 25.9. The van der Waals surface area contributed by atoms with Gasteiger partial charge in [-0.25, -0.2) is 4.79 Å². The lowest BCUT2D eigenvalue weighted by Gasteiger charge is -2.33. The number of ether oxygens (including phenoxy) is 1. The maximum Gasteiger partial charge on any atom is 0.319 e. The third-order valence-corrected chi connectivity index (χ3v) is 4.39. The molecule has 0 aliphatic carbocycles. The lowest BCUT2D eigenvalue weighted by Crippen LogP contribution is -2.51. The van der Waals surface area contributed by atoms with Gasteiger partial charge >= 0.3 is 6.03 Å². The molecule has 0 aromatic heterocycles. The standard InChI is InChI=1S/C19H30N4O4/c1-4-17(24)21-15-6-5-14(2)16(11-15)22-18(25)20-12-19(3,26)13-23-7-9-27-10-8-23/h5-6,11,26H,4,7-10,12-13H2,1-3H3,(H,21,24)(H2,20,22,25)/t19-/m0/s1. The Morgan fingerprint density at radius 1 is 1.26 bits per heavy atom. The second-order valence-electron chi connectivity index (χ2n) is 7.12. The Kier molecular flexibility index (Phi) is 7.58. The van der Waals surface area contributed by atoms with Crippen LogP contribution in [0.1, 0.15) is 25.8 Å². The van der Waals surface area contributed by atoms with Gasteiger partial charge in [0.2, 0.25) is 5.91 Å². The van der Waals surface area contributed by atoms with Crippen LogP contribution in [0.4, 0.5) is 16.2 Å². The Balaban J connectivity index is 1.87. The van der Waals surface area contributed by atoms with E-state index in [1.807, 2.05) is 13.0 Å². The number of carbonyl (C=O) groups is 2. The van der Waals surface area contributed by atoms with Gasteiger partial charge in [-0.2, -0.15) is 0 Å². The van der Waals surface area contributed by atoms with Gasteiger partial charge in [-0.15, -0.1) is 0 Å². The number of hydrogen-bond donors (Lipinski definition) is 4. The highest BCUT2D eigenvalue weighted by molar-refractivity contribution is 5.94. The minimum atomic E-state index is -1.04. The fourth-order valence-electron chi connectivity index (χ4n) is 2.82. The zero-order valence-electron chi connectivity index (χ0n) is 16.3. The first kappa shape index (κ1) is 21.1. The number of benzene rings is 1. The summed E-state index contributed by atoms with van der Waals surface area (Å²) < 4.78 is 5.30. The molecule has 1 atom stereocenters. The average Bonchev–Trinajstić information content (AvgIpc) is 2.63. The molecule has 1 aromatic rings. The van der Waals surface area contributed by atoms with Crippen molar-refractivity contribution in [2.45, 2.75) is 32.8 Å². The second-order valence-corrected chi connectivity index (χ2v) is 7.12. The summed E-state index contributed by atoms with van der Waals surface area (Å²) in [6.45, 7) is 8.82. The number of urea groups is 1. The number of rotatable bonds is 7. The molecule has 27 heavy (non-hydrogen) atoms. The van der Waals surface area contributed by atoms with Gasteiger partial charge in [0.05, 0.1) is 18.8 Å². The summed E-state index contributed by atoms with van der Waals surface area (Å²) in [6, 6.07) is 4.93. The number of carbonyl (C=O) groups excluding carboxylic acids is 2. The third-order valence-electron chi connectivity index (χ3n) is 4.39. The zero-order valence-corrected chi connectivity index (χ0v) is 16.3. The summed E-state index contributed by atoms with van der Waals surface area (Å²) >= 11 is 0. The normalized spacial score (nSPS) is 17.0. The van der Waals surface area contributed by atoms with Crippen LogP contribution in [-0.4, -0.2) is 66.9 Å². The van der Waals surface area contributed by atoms with E-state index in [1.165, 1.54) is 0 Å². The third kappa shape index (κ3) is 7.16. The van der Waals surface area contributed by atoms with Gasteiger partial charge in [-0.1, -0.05) is 13.0 Å². The lowest BCUT2D eigenvalue weighted by atomic mass is 10.1. The van der Waals surface area contributed by atoms with Gasteiger partial charge < -0.3 is 25.8 Å². The molecule has 0 saturated carbocycles. The van der Waals surface area contributed by atoms with E-state index in [1.54, 1.807) is 26.0 Å². The van der Waals surface area contributed by atoms with Crippen molar-refractivity contribution < 1.29 is 19.4 Å².